The molecule has 0 saturated carbocycles. The fourth-order valence-electron chi connectivity index (χ4n) is 4.59. The Kier molecular flexibility index (Phi) is 5.38. The number of aromatic amines is 1. The fourth-order valence-corrected chi connectivity index (χ4v) is 9.24. The second-order valence-electron chi connectivity index (χ2n) is 10.7. The van der Waals surface area contributed by atoms with Gasteiger partial charge in [-0.2, -0.15) is 0 Å². The van der Waals surface area contributed by atoms with E-state index < -0.39 is 23.2 Å². The Hall–Kier alpha value is -1.66. The zero-order chi connectivity index (χ0) is 21.8. The molecule has 1 aromatic heterocycles. The van der Waals surface area contributed by atoms with Crippen molar-refractivity contribution < 1.29 is 23.2 Å². The molecule has 0 spiro atoms. The molecule has 0 radical (unpaired) electrons. The SMILES string of the molecule is CC(C)=C1C=c2ccccc2=[C]1[Zr][c]1[nH]c2cccc(C(C)(C)C)c2c1C(C)(C)C. The minimum atomic E-state index is -1.05. The van der Waals surface area contributed by atoms with Gasteiger partial charge in [0.15, 0.2) is 0 Å². The van der Waals surface area contributed by atoms with E-state index >= 15 is 0 Å². The Morgan fingerprint density at radius 1 is 0.833 bits per heavy atom. The molecule has 0 aliphatic heterocycles. The molecule has 2 aromatic carbocycles. The van der Waals surface area contributed by atoms with Gasteiger partial charge in [-0.25, -0.2) is 0 Å². The third-order valence-corrected chi connectivity index (χ3v) is 9.44. The Labute approximate surface area is 192 Å². The Morgan fingerprint density at radius 3 is 2.17 bits per heavy atom. The van der Waals surface area contributed by atoms with E-state index in [1.165, 1.54) is 41.5 Å². The van der Waals surface area contributed by atoms with E-state index in [-0.39, 0.29) is 10.8 Å². The number of nitrogens with one attached hydrogen (secondary N) is 1. The molecule has 0 fully saturated rings. The van der Waals surface area contributed by atoms with Crippen molar-refractivity contribution >= 4 is 23.7 Å². The van der Waals surface area contributed by atoms with Gasteiger partial charge in [-0.15, -0.1) is 0 Å². The summed E-state index contributed by atoms with van der Waals surface area (Å²) < 4.78 is 3.14. The predicted octanol–water partition coefficient (Wildman–Crippen LogP) is 5.41. The molecule has 0 bridgehead atoms. The van der Waals surface area contributed by atoms with Gasteiger partial charge in [-0.05, 0) is 0 Å². The van der Waals surface area contributed by atoms with Crippen molar-refractivity contribution in [3.8, 4) is 0 Å². The van der Waals surface area contributed by atoms with Crippen LogP contribution in [0.2, 0.25) is 0 Å². The van der Waals surface area contributed by atoms with Gasteiger partial charge in [-0.3, -0.25) is 0 Å². The normalized spacial score (nSPS) is 14.1. The predicted molar refractivity (Wildman–Crippen MR) is 127 cm³/mol. The van der Waals surface area contributed by atoms with Gasteiger partial charge >= 0.3 is 193 Å². The number of rotatable bonds is 2. The van der Waals surface area contributed by atoms with Crippen LogP contribution in [0.1, 0.15) is 66.5 Å². The van der Waals surface area contributed by atoms with Crippen LogP contribution in [-0.2, 0) is 34.1 Å². The van der Waals surface area contributed by atoms with Gasteiger partial charge in [0, 0.05) is 0 Å². The van der Waals surface area contributed by atoms with Crippen molar-refractivity contribution in [3.63, 3.8) is 0 Å². The van der Waals surface area contributed by atoms with Gasteiger partial charge in [0.1, 0.15) is 0 Å². The van der Waals surface area contributed by atoms with Crippen molar-refractivity contribution in [1.82, 2.24) is 4.98 Å². The number of fused-ring (bicyclic) bond motifs is 2. The second-order valence-corrected chi connectivity index (χ2v) is 13.8. The topological polar surface area (TPSA) is 15.8 Å². The maximum atomic E-state index is 3.92. The molecule has 0 amide bonds. The van der Waals surface area contributed by atoms with E-state index in [1.54, 1.807) is 8.84 Å². The van der Waals surface area contributed by atoms with E-state index in [4.69, 9.17) is 0 Å². The fraction of sp³-hybridized carbons (Fsp3) is 0.357. The van der Waals surface area contributed by atoms with Crippen molar-refractivity contribution in [2.75, 3.05) is 0 Å². The van der Waals surface area contributed by atoms with Gasteiger partial charge in [0.05, 0.1) is 0 Å². The molecule has 30 heavy (non-hydrogen) atoms. The molecule has 4 rings (SSSR count). The molecular weight excluding hydrogens is 442 g/mol. The Morgan fingerprint density at radius 2 is 1.53 bits per heavy atom. The first-order chi connectivity index (χ1) is 14.0. The van der Waals surface area contributed by atoms with Crippen LogP contribution >= 0.6 is 0 Å². The van der Waals surface area contributed by atoms with E-state index in [9.17, 15) is 0 Å². The van der Waals surface area contributed by atoms with Crippen molar-refractivity contribution in [1.29, 1.82) is 0 Å². The molecule has 0 saturated heterocycles. The molecule has 1 aliphatic carbocycles. The van der Waals surface area contributed by atoms with E-state index in [2.05, 4.69) is 109 Å². The summed E-state index contributed by atoms with van der Waals surface area (Å²) in [4.78, 5) is 3.92. The molecule has 1 N–H and O–H groups in total. The summed E-state index contributed by atoms with van der Waals surface area (Å²) >= 11 is -1.05. The summed E-state index contributed by atoms with van der Waals surface area (Å²) in [6.07, 6.45) is 2.40. The van der Waals surface area contributed by atoms with Gasteiger partial charge in [0.2, 0.25) is 0 Å². The number of H-pyrrole nitrogens is 1. The molecule has 1 heterocycles. The summed E-state index contributed by atoms with van der Waals surface area (Å²) in [5, 5.41) is 4.30. The number of benzene rings is 2. The second kappa shape index (κ2) is 7.49. The monoisotopic (exact) mass is 473 g/mol. The van der Waals surface area contributed by atoms with Crippen LogP contribution in [-0.4, -0.2) is 4.98 Å². The van der Waals surface area contributed by atoms with Crippen LogP contribution in [0.25, 0.3) is 20.3 Å². The first-order valence-corrected chi connectivity index (χ1v) is 13.4. The van der Waals surface area contributed by atoms with Crippen molar-refractivity contribution in [3.05, 3.63) is 75.2 Å². The van der Waals surface area contributed by atoms with E-state index in [0.717, 1.165) is 0 Å². The zero-order valence-electron chi connectivity index (χ0n) is 19.6. The number of hydrogen-bond acceptors (Lipinski definition) is 0. The minimum absolute atomic E-state index is 0.101. The molecule has 1 aliphatic rings. The quantitative estimate of drug-likeness (QED) is 0.511. The Bertz CT molecular complexity index is 1280. The van der Waals surface area contributed by atoms with Gasteiger partial charge < -0.3 is 0 Å². The Balaban J connectivity index is 2.02. The molecule has 154 valence electrons. The molecule has 3 aromatic rings. The summed E-state index contributed by atoms with van der Waals surface area (Å²) in [5.41, 5.74) is 7.41. The summed E-state index contributed by atoms with van der Waals surface area (Å²) in [5.74, 6) is 0. The van der Waals surface area contributed by atoms with Crippen molar-refractivity contribution in [2.24, 2.45) is 0 Å². The standard InChI is InChI=1S/C16H22N.C12H11.Zr/c1-15(2,3)11-8-7-9-13-14(11)12(10-17-13)16(4,5)6;1-9(2)12-7-10-5-3-4-6-11(10)8-12;/h7-9,17H,1-6H3;3-7H,1-2H3;. The average molecular weight is 475 g/mol. The third-order valence-electron chi connectivity index (χ3n) is 5.97. The van der Waals surface area contributed by atoms with Gasteiger partial charge in [-0.1, -0.05) is 0 Å². The molecule has 1 nitrogen and oxygen atoms in total. The molecule has 0 unspecified atom stereocenters. The van der Waals surface area contributed by atoms with Gasteiger partial charge in [0.25, 0.3) is 0 Å². The zero-order valence-corrected chi connectivity index (χ0v) is 22.1. The van der Waals surface area contributed by atoms with Crippen molar-refractivity contribution in [2.45, 2.75) is 66.2 Å². The summed E-state index contributed by atoms with van der Waals surface area (Å²) in [7, 11) is 0. The first kappa shape index (κ1) is 21.6. The van der Waals surface area contributed by atoms with Crippen LogP contribution < -0.4 is 13.8 Å². The molecular formula is C28H33NZr. The molecule has 2 heteroatoms. The number of allylic oxidation sites excluding steroid dienone is 2. The van der Waals surface area contributed by atoms with Crippen LogP contribution in [0.3, 0.4) is 0 Å². The average Bonchev–Trinajstić information content (AvgIpc) is 3.19. The first-order valence-electron chi connectivity index (χ1n) is 10.9. The molecule has 0 atom stereocenters. The van der Waals surface area contributed by atoms with Crippen LogP contribution in [0.5, 0.6) is 0 Å². The van der Waals surface area contributed by atoms with Crippen LogP contribution in [0, 0.1) is 0 Å². The van der Waals surface area contributed by atoms with E-state index in [0.29, 0.717) is 0 Å². The number of hydrogen-bond donors (Lipinski definition) is 1. The third kappa shape index (κ3) is 3.73. The maximum absolute atomic E-state index is 3.92. The van der Waals surface area contributed by atoms with Crippen LogP contribution in [0.4, 0.5) is 0 Å². The summed E-state index contributed by atoms with van der Waals surface area (Å²) in [6, 6.07) is 15.7. The summed E-state index contributed by atoms with van der Waals surface area (Å²) in [6.45, 7) is 18.6. The van der Waals surface area contributed by atoms with Crippen LogP contribution in [0.15, 0.2) is 53.6 Å². The van der Waals surface area contributed by atoms with E-state index in [1.807, 2.05) is 0 Å². The number of aromatic nitrogens is 1.